The van der Waals surface area contributed by atoms with Gasteiger partial charge in [-0.3, -0.25) is 28.9 Å². The predicted molar refractivity (Wildman–Crippen MR) is 251 cm³/mol. The van der Waals surface area contributed by atoms with Gasteiger partial charge in [-0.2, -0.15) is 0 Å². The van der Waals surface area contributed by atoms with Crippen molar-refractivity contribution in [2.24, 2.45) is 5.92 Å². The SMILES string of the molecule is CCN1CCN(C)CCN(C)CC(Cc2ccc(CC(=S)CCCCCCCNC(=O)[C@H](CCC(=O)O)CC(=O)CC[C@H](NC(=O)NCCCC(=O)O)C(=O)O)cc2)N(CC(=O)O)CC1. The molecule has 7 N–H and O–H groups in total. The van der Waals surface area contributed by atoms with Gasteiger partial charge in [0.25, 0.3) is 0 Å². The minimum absolute atomic E-state index is 0.00729. The summed E-state index contributed by atoms with van der Waals surface area (Å²) in [6.07, 6.45) is 5.55. The number of benzene rings is 1. The first-order chi connectivity index (χ1) is 30.9. The van der Waals surface area contributed by atoms with Crippen LogP contribution in [0, 0.1) is 5.92 Å². The monoisotopic (exact) mass is 934 g/mol. The topological polar surface area (TPSA) is 249 Å². The molecule has 65 heavy (non-hydrogen) atoms. The molecule has 1 aromatic carbocycles. The van der Waals surface area contributed by atoms with Gasteiger partial charge in [0.2, 0.25) is 5.91 Å². The first-order valence-electron chi connectivity index (χ1n) is 23.1. The minimum Gasteiger partial charge on any atom is -0.481 e. The quantitative estimate of drug-likeness (QED) is 0.0432. The van der Waals surface area contributed by atoms with Crippen molar-refractivity contribution in [3.05, 3.63) is 35.4 Å². The molecule has 0 radical (unpaired) electrons. The summed E-state index contributed by atoms with van der Waals surface area (Å²) in [6, 6.07) is 6.37. The van der Waals surface area contributed by atoms with Gasteiger partial charge in [-0.25, -0.2) is 9.59 Å². The fourth-order valence-electron chi connectivity index (χ4n) is 7.72. The number of nitrogens with zero attached hydrogens (tertiary/aromatic N) is 4. The Hall–Kier alpha value is -4.56. The molecule has 1 aliphatic rings. The van der Waals surface area contributed by atoms with Crippen molar-refractivity contribution < 1.29 is 54.0 Å². The molecule has 19 heteroatoms. The molecular weight excluding hydrogens is 859 g/mol. The van der Waals surface area contributed by atoms with Crippen LogP contribution in [-0.4, -0.2) is 185 Å². The van der Waals surface area contributed by atoms with E-state index in [-0.39, 0.29) is 64.1 Å². The number of ketones is 1. The number of unbranched alkanes of at least 4 members (excludes halogenated alkanes) is 4. The van der Waals surface area contributed by atoms with E-state index in [1.807, 2.05) is 0 Å². The molecule has 0 aliphatic carbocycles. The lowest BCUT2D eigenvalue weighted by Gasteiger charge is -2.36. The van der Waals surface area contributed by atoms with Crippen molar-refractivity contribution >= 4 is 58.7 Å². The van der Waals surface area contributed by atoms with E-state index in [4.69, 9.17) is 17.3 Å². The maximum atomic E-state index is 13.0. The van der Waals surface area contributed by atoms with E-state index >= 15 is 0 Å². The molecule has 0 bridgehead atoms. The molecule has 0 spiro atoms. The zero-order valence-electron chi connectivity index (χ0n) is 38.8. The van der Waals surface area contributed by atoms with E-state index in [2.05, 4.69) is 80.8 Å². The number of urea groups is 1. The lowest BCUT2D eigenvalue weighted by atomic mass is 9.93. The van der Waals surface area contributed by atoms with Crippen LogP contribution < -0.4 is 16.0 Å². The summed E-state index contributed by atoms with van der Waals surface area (Å²) in [5.41, 5.74) is 2.31. The Labute approximate surface area is 389 Å². The van der Waals surface area contributed by atoms with E-state index < -0.39 is 53.6 Å². The zero-order chi connectivity index (χ0) is 48.1. The smallest absolute Gasteiger partial charge is 0.326 e. The van der Waals surface area contributed by atoms with Crippen molar-refractivity contribution in [1.29, 1.82) is 0 Å². The number of hydrogen-bond donors (Lipinski definition) is 7. The summed E-state index contributed by atoms with van der Waals surface area (Å²) in [5.74, 6) is -6.09. The van der Waals surface area contributed by atoms with E-state index in [1.165, 1.54) is 5.56 Å². The first kappa shape index (κ1) is 56.6. The number of carbonyl (C=O) groups excluding carboxylic acids is 3. The van der Waals surface area contributed by atoms with Crippen molar-refractivity contribution in [2.45, 2.75) is 115 Å². The Bertz CT molecular complexity index is 1670. The number of hydrogen-bond acceptors (Lipinski definition) is 12. The molecule has 1 unspecified atom stereocenters. The Morgan fingerprint density at radius 2 is 1.31 bits per heavy atom. The Morgan fingerprint density at radius 1 is 0.692 bits per heavy atom. The normalized spacial score (nSPS) is 16.9. The summed E-state index contributed by atoms with van der Waals surface area (Å²) < 4.78 is 0. The number of likely N-dealkylation sites (N-methyl/N-ethyl adjacent to an activating group) is 3. The van der Waals surface area contributed by atoms with E-state index in [1.54, 1.807) is 0 Å². The molecule has 3 amide bonds. The van der Waals surface area contributed by atoms with Crippen LogP contribution in [0.15, 0.2) is 24.3 Å². The average molecular weight is 934 g/mol. The highest BCUT2D eigenvalue weighted by atomic mass is 32.1. The van der Waals surface area contributed by atoms with E-state index in [0.717, 1.165) is 94.8 Å². The number of carbonyl (C=O) groups is 7. The fraction of sp³-hybridized carbons (Fsp3) is 0.696. The Balaban J connectivity index is 1.77. The first-order valence-corrected chi connectivity index (χ1v) is 23.5. The van der Waals surface area contributed by atoms with Crippen molar-refractivity contribution in [3.63, 3.8) is 0 Å². The van der Waals surface area contributed by atoms with Gasteiger partial charge in [0, 0.05) is 103 Å². The second-order valence-electron chi connectivity index (χ2n) is 17.3. The number of carboxylic acid groups (broad SMARTS) is 4. The molecule has 3 atom stereocenters. The van der Waals surface area contributed by atoms with Crippen LogP contribution in [0.1, 0.15) is 102 Å². The standard InChI is InChI=1S/C46H75N7O11S/c1-4-52-26-25-50(2)23-24-51(3)32-37(53(28-27-52)33-43(59)60)29-34-13-15-35(16-14-34)30-39(65)11-8-6-5-7-9-21-47-44(61)36(17-20-42(57)58)31-38(54)18-19-40(45(62)63)49-46(64)48-22-10-12-41(55)56/h13-16,36-37,40H,4-12,17-33H2,1-3H3,(H,47,61)(H,55,56)(H,57,58)(H,59,60)(H,62,63)(H2,48,49,64)/t36-,37?,40+/m1/s1. The van der Waals surface area contributed by atoms with Crippen LogP contribution in [-0.2, 0) is 41.6 Å². The van der Waals surface area contributed by atoms with Gasteiger partial charge in [-0.05, 0) is 81.6 Å². The number of aliphatic carboxylic acids is 4. The Morgan fingerprint density at radius 3 is 1.97 bits per heavy atom. The number of nitrogens with one attached hydrogen (secondary N) is 3. The molecule has 2 rings (SSSR count). The van der Waals surface area contributed by atoms with Gasteiger partial charge < -0.3 is 51.1 Å². The lowest BCUT2D eigenvalue weighted by Crippen LogP contribution is -2.51. The third-order valence-electron chi connectivity index (χ3n) is 11.7. The van der Waals surface area contributed by atoms with Crippen LogP contribution in [0.25, 0.3) is 0 Å². The van der Waals surface area contributed by atoms with Gasteiger partial charge in [0.1, 0.15) is 11.8 Å². The summed E-state index contributed by atoms with van der Waals surface area (Å²) in [4.78, 5) is 93.5. The second kappa shape index (κ2) is 32.2. The molecule has 0 saturated carbocycles. The van der Waals surface area contributed by atoms with Crippen LogP contribution in [0.5, 0.6) is 0 Å². The Kier molecular flexibility index (Phi) is 28.0. The number of carboxylic acids is 4. The van der Waals surface area contributed by atoms with Gasteiger partial charge in [-0.1, -0.05) is 62.7 Å². The maximum absolute atomic E-state index is 13.0. The van der Waals surface area contributed by atoms with Gasteiger partial charge >= 0.3 is 29.9 Å². The van der Waals surface area contributed by atoms with Gasteiger partial charge in [0.05, 0.1) is 6.54 Å². The third kappa shape index (κ3) is 26.2. The lowest BCUT2D eigenvalue weighted by molar-refractivity contribution is -0.140. The molecule has 1 fully saturated rings. The zero-order valence-corrected chi connectivity index (χ0v) is 39.6. The van der Waals surface area contributed by atoms with E-state index in [9.17, 15) is 48.9 Å². The molecule has 18 nitrogen and oxygen atoms in total. The summed E-state index contributed by atoms with van der Waals surface area (Å²) in [5, 5.41) is 44.6. The summed E-state index contributed by atoms with van der Waals surface area (Å²) in [6.45, 7) is 9.57. The van der Waals surface area contributed by atoms with Gasteiger partial charge in [0.15, 0.2) is 0 Å². The van der Waals surface area contributed by atoms with Crippen molar-refractivity contribution in [1.82, 2.24) is 35.6 Å². The summed E-state index contributed by atoms with van der Waals surface area (Å²) in [7, 11) is 4.27. The number of Topliss-reactive ketones (excluding diaryl/α,β-unsaturated/α-hetero) is 1. The molecule has 1 aliphatic heterocycles. The van der Waals surface area contributed by atoms with Crippen LogP contribution in [0.3, 0.4) is 0 Å². The predicted octanol–water partition coefficient (Wildman–Crippen LogP) is 3.39. The average Bonchev–Trinajstić information content (AvgIpc) is 3.24. The number of thiocarbonyl (C=S) groups is 1. The number of amides is 3. The van der Waals surface area contributed by atoms with Crippen LogP contribution >= 0.6 is 12.2 Å². The highest BCUT2D eigenvalue weighted by Crippen LogP contribution is 2.17. The van der Waals surface area contributed by atoms with Crippen molar-refractivity contribution in [3.8, 4) is 0 Å². The number of rotatable bonds is 30. The second-order valence-corrected chi connectivity index (χ2v) is 17.8. The third-order valence-corrected chi connectivity index (χ3v) is 12.1. The molecule has 0 aromatic heterocycles. The molecule has 366 valence electrons. The molecular formula is C46H75N7O11S. The summed E-state index contributed by atoms with van der Waals surface area (Å²) >= 11 is 5.75. The highest BCUT2D eigenvalue weighted by Gasteiger charge is 2.27. The maximum Gasteiger partial charge on any atom is 0.326 e. The van der Waals surface area contributed by atoms with Crippen LogP contribution in [0.4, 0.5) is 4.79 Å². The molecule has 1 aromatic rings. The fourth-order valence-corrected chi connectivity index (χ4v) is 8.03. The molecule has 1 saturated heterocycles. The highest BCUT2D eigenvalue weighted by molar-refractivity contribution is 7.80. The van der Waals surface area contributed by atoms with Crippen molar-refractivity contribution in [2.75, 3.05) is 86.1 Å². The minimum atomic E-state index is -1.39. The van der Waals surface area contributed by atoms with Gasteiger partial charge in [-0.15, -0.1) is 0 Å². The molecule has 1 heterocycles. The van der Waals surface area contributed by atoms with E-state index in [0.29, 0.717) is 25.9 Å². The van der Waals surface area contributed by atoms with Crippen LogP contribution in [0.2, 0.25) is 0 Å². The largest absolute Gasteiger partial charge is 0.481 e.